The molecule has 0 aliphatic heterocycles. The molecule has 0 unspecified atom stereocenters. The second-order valence-electron chi connectivity index (χ2n) is 10.1. The quantitative estimate of drug-likeness (QED) is 0.224. The first-order valence-electron chi connectivity index (χ1n) is 12.9. The van der Waals surface area contributed by atoms with Crippen molar-refractivity contribution in [3.8, 4) is 29.0 Å². The van der Waals surface area contributed by atoms with Gasteiger partial charge in [-0.3, -0.25) is 14.3 Å². The molecular weight excluding hydrogens is 615 g/mol. The van der Waals surface area contributed by atoms with Gasteiger partial charge in [0.1, 0.15) is 11.9 Å². The molecule has 1 N–H and O–H groups in total. The fourth-order valence-corrected chi connectivity index (χ4v) is 6.13. The van der Waals surface area contributed by atoms with Gasteiger partial charge in [-0.05, 0) is 56.9 Å². The first-order valence-corrected chi connectivity index (χ1v) is 14.1. The smallest absolute Gasteiger partial charge is 0.416 e. The molecule has 3 heterocycles. The first-order chi connectivity index (χ1) is 20.8. The van der Waals surface area contributed by atoms with Gasteiger partial charge in [0.05, 0.1) is 44.4 Å². The number of benzene rings is 2. The number of carboxylic acids is 1. The molecule has 0 bridgehead atoms. The molecular formula is C31H21ClF3N5O3S. The van der Waals surface area contributed by atoms with Gasteiger partial charge in [0, 0.05) is 39.8 Å². The maximum atomic E-state index is 14.0. The van der Waals surface area contributed by atoms with E-state index in [2.05, 4.69) is 21.8 Å². The van der Waals surface area contributed by atoms with Crippen LogP contribution in [0.2, 0.25) is 5.02 Å². The summed E-state index contributed by atoms with van der Waals surface area (Å²) in [6.45, 7) is 1.10. The number of nitrogens with zero attached hydrogens (tertiary/aromatic N) is 5. The summed E-state index contributed by atoms with van der Waals surface area (Å²) in [5, 5.41) is 21.2. The molecule has 0 saturated heterocycles. The van der Waals surface area contributed by atoms with Gasteiger partial charge in [0.2, 0.25) is 0 Å². The van der Waals surface area contributed by atoms with Crippen LogP contribution in [-0.4, -0.2) is 44.6 Å². The number of aromatic carboxylic acids is 1. The van der Waals surface area contributed by atoms with E-state index in [0.717, 1.165) is 6.07 Å². The van der Waals surface area contributed by atoms with Crippen molar-refractivity contribution in [1.29, 1.82) is 5.26 Å². The number of aromatic nitrogens is 3. The van der Waals surface area contributed by atoms with Crippen molar-refractivity contribution >= 4 is 50.0 Å². The summed E-state index contributed by atoms with van der Waals surface area (Å²) < 4.78 is 43.7. The third-order valence-electron chi connectivity index (χ3n) is 6.85. The Labute approximate surface area is 257 Å². The zero-order valence-electron chi connectivity index (χ0n) is 23.4. The molecule has 5 aromatic rings. The van der Waals surface area contributed by atoms with E-state index in [-0.39, 0.29) is 46.5 Å². The number of thiophene rings is 1. The van der Waals surface area contributed by atoms with Crippen LogP contribution in [0.25, 0.3) is 32.2 Å². The number of nitriles is 1. The number of hydrogen-bond donors (Lipinski definition) is 1. The van der Waals surface area contributed by atoms with E-state index < -0.39 is 23.3 Å². The third kappa shape index (κ3) is 5.63. The van der Waals surface area contributed by atoms with Crippen molar-refractivity contribution in [3.05, 3.63) is 90.9 Å². The summed E-state index contributed by atoms with van der Waals surface area (Å²) in [6.07, 6.45) is -3.25. The molecule has 0 amide bonds. The molecule has 0 radical (unpaired) electrons. The van der Waals surface area contributed by atoms with Crippen molar-refractivity contribution in [1.82, 2.24) is 19.4 Å². The van der Waals surface area contributed by atoms with Crippen molar-refractivity contribution in [2.24, 2.45) is 0 Å². The lowest BCUT2D eigenvalue weighted by molar-refractivity contribution is -0.138. The fraction of sp³-hybridized carbons (Fsp3) is 0.194. The van der Waals surface area contributed by atoms with Crippen LogP contribution < -0.4 is 5.56 Å². The predicted molar refractivity (Wildman–Crippen MR) is 162 cm³/mol. The number of alkyl halides is 3. The highest BCUT2D eigenvalue weighted by molar-refractivity contribution is 7.18. The minimum absolute atomic E-state index is 0.0769. The van der Waals surface area contributed by atoms with Crippen LogP contribution in [0, 0.1) is 30.1 Å². The number of rotatable bonds is 5. The van der Waals surface area contributed by atoms with Crippen LogP contribution >= 0.6 is 22.9 Å². The number of carbonyl (C=O) groups is 1. The Morgan fingerprint density at radius 1 is 1.20 bits per heavy atom. The molecule has 8 nitrogen and oxygen atoms in total. The molecule has 222 valence electrons. The Hall–Kier alpha value is -4.75. The van der Waals surface area contributed by atoms with Crippen molar-refractivity contribution in [2.75, 3.05) is 14.1 Å². The van der Waals surface area contributed by atoms with Crippen LogP contribution in [-0.2, 0) is 19.3 Å². The molecule has 0 atom stereocenters. The molecule has 0 aliphatic carbocycles. The largest absolute Gasteiger partial charge is 0.478 e. The number of hydrogen-bond acceptors (Lipinski definition) is 7. The van der Waals surface area contributed by atoms with Crippen LogP contribution in [0.3, 0.4) is 0 Å². The zero-order chi connectivity index (χ0) is 31.9. The molecule has 0 aliphatic rings. The summed E-state index contributed by atoms with van der Waals surface area (Å²) >= 11 is 7.53. The standard InChI is InChI=1S/C31H21ClF3N5O3S/c1-16-38-25-12-24(31(33,34)35)22(14-39(2)3)21(13-36)26(25)29(41)40(16)10-4-5-17-6-7-18(32)11-20(17)19-8-9-37-27-23(30(42)43)15-44-28(19)27/h6-9,11-12,15H,10,14H2,1-3H3,(H,42,43). The number of pyridine rings is 1. The van der Waals surface area contributed by atoms with Crippen molar-refractivity contribution < 1.29 is 23.1 Å². The van der Waals surface area contributed by atoms with Crippen LogP contribution in [0.1, 0.15) is 38.4 Å². The Bertz CT molecular complexity index is 2150. The topological polar surface area (TPSA) is 112 Å². The zero-order valence-corrected chi connectivity index (χ0v) is 24.9. The summed E-state index contributed by atoms with van der Waals surface area (Å²) in [5.74, 6) is 5.00. The van der Waals surface area contributed by atoms with Gasteiger partial charge in [0.15, 0.2) is 0 Å². The number of aryl methyl sites for hydroxylation is 1. The highest BCUT2D eigenvalue weighted by Gasteiger charge is 2.36. The van der Waals surface area contributed by atoms with Gasteiger partial charge >= 0.3 is 12.1 Å². The second kappa shape index (κ2) is 11.7. The van der Waals surface area contributed by atoms with Gasteiger partial charge in [-0.25, -0.2) is 9.78 Å². The molecule has 5 rings (SSSR count). The molecule has 13 heteroatoms. The van der Waals surface area contributed by atoms with Crippen molar-refractivity contribution in [2.45, 2.75) is 26.2 Å². The van der Waals surface area contributed by atoms with E-state index in [1.807, 2.05) is 6.07 Å². The average Bonchev–Trinajstić information content (AvgIpc) is 3.39. The summed E-state index contributed by atoms with van der Waals surface area (Å²) in [5.41, 5.74) is -0.349. The Morgan fingerprint density at radius 2 is 1.95 bits per heavy atom. The maximum Gasteiger partial charge on any atom is 0.416 e. The van der Waals surface area contributed by atoms with Crippen LogP contribution in [0.4, 0.5) is 13.2 Å². The SMILES string of the molecule is Cc1nc2cc(C(F)(F)F)c(CN(C)C)c(C#N)c2c(=O)n1CC#Cc1ccc(Cl)cc1-c1ccnc2c(C(=O)O)csc12. The van der Waals surface area contributed by atoms with E-state index >= 15 is 0 Å². The number of halogens is 4. The van der Waals surface area contributed by atoms with Gasteiger partial charge in [-0.2, -0.15) is 18.4 Å². The van der Waals surface area contributed by atoms with E-state index in [1.165, 1.54) is 39.3 Å². The van der Waals surface area contributed by atoms with Gasteiger partial charge in [-0.15, -0.1) is 11.3 Å². The van der Waals surface area contributed by atoms with Gasteiger partial charge < -0.3 is 10.0 Å². The highest BCUT2D eigenvalue weighted by atomic mass is 35.5. The van der Waals surface area contributed by atoms with Crippen LogP contribution in [0.5, 0.6) is 0 Å². The van der Waals surface area contributed by atoms with Gasteiger partial charge in [-0.1, -0.05) is 23.4 Å². The van der Waals surface area contributed by atoms with E-state index in [4.69, 9.17) is 11.6 Å². The second-order valence-corrected chi connectivity index (χ2v) is 11.4. The highest BCUT2D eigenvalue weighted by Crippen LogP contribution is 2.38. The van der Waals surface area contributed by atoms with Gasteiger partial charge in [0.25, 0.3) is 5.56 Å². The molecule has 3 aromatic heterocycles. The molecule has 44 heavy (non-hydrogen) atoms. The van der Waals surface area contributed by atoms with E-state index in [0.29, 0.717) is 31.9 Å². The molecule has 0 spiro atoms. The monoisotopic (exact) mass is 635 g/mol. The third-order valence-corrected chi connectivity index (χ3v) is 8.09. The fourth-order valence-electron chi connectivity index (χ4n) is 4.93. The Kier molecular flexibility index (Phi) is 8.19. The summed E-state index contributed by atoms with van der Waals surface area (Å²) in [7, 11) is 3.14. The molecule has 2 aromatic carbocycles. The minimum atomic E-state index is -4.75. The number of fused-ring (bicyclic) bond motifs is 2. The van der Waals surface area contributed by atoms with E-state index in [9.17, 15) is 33.1 Å². The average molecular weight is 636 g/mol. The lowest BCUT2D eigenvalue weighted by atomic mass is 9.96. The Morgan fingerprint density at radius 3 is 2.61 bits per heavy atom. The predicted octanol–water partition coefficient (Wildman–Crippen LogP) is 6.34. The lowest BCUT2D eigenvalue weighted by Gasteiger charge is -2.19. The number of carboxylic acid groups (broad SMARTS) is 1. The Balaban J connectivity index is 1.63. The molecule has 0 fully saturated rings. The first kappa shape index (κ1) is 30.7. The normalized spacial score (nSPS) is 11.5. The van der Waals surface area contributed by atoms with Crippen LogP contribution in [0.15, 0.2) is 46.7 Å². The maximum absolute atomic E-state index is 14.0. The van der Waals surface area contributed by atoms with E-state index in [1.54, 1.807) is 38.4 Å². The lowest BCUT2D eigenvalue weighted by Crippen LogP contribution is -2.26. The summed E-state index contributed by atoms with van der Waals surface area (Å²) in [6, 6.07) is 9.38. The molecule has 0 saturated carbocycles. The summed E-state index contributed by atoms with van der Waals surface area (Å²) in [4.78, 5) is 35.3. The minimum Gasteiger partial charge on any atom is -0.478 e. The van der Waals surface area contributed by atoms with Crippen molar-refractivity contribution in [3.63, 3.8) is 0 Å².